The van der Waals surface area contributed by atoms with Crippen LogP contribution >= 0.6 is 0 Å². The van der Waals surface area contributed by atoms with Crippen LogP contribution in [0, 0.1) is 25.2 Å². The number of nitrogens with one attached hydrogen (secondary N) is 2. The number of aryl methyl sites for hydroxylation is 2. The number of para-hydroxylation sites is 2. The molecule has 0 aliphatic carbocycles. The van der Waals surface area contributed by atoms with Crippen molar-refractivity contribution in [2.24, 2.45) is 0 Å². The molecule has 2 atom stereocenters. The SMILES string of the molecule is Cc1cccc(C)c1NC(=O)C(c1ccccc1O)N(CC#N)C(=O)C(Cc1ccc(O)cc1)NC(=O)OC(C)(C)C. The molecule has 2 unspecified atom stereocenters. The van der Waals surface area contributed by atoms with Crippen LogP contribution in [0.1, 0.15) is 49.1 Å². The summed E-state index contributed by atoms with van der Waals surface area (Å²) in [4.78, 5) is 42.0. The molecular weight excluding hydrogens is 536 g/mol. The van der Waals surface area contributed by atoms with Gasteiger partial charge in [-0.05, 0) is 69.5 Å². The van der Waals surface area contributed by atoms with Crippen molar-refractivity contribution in [2.75, 3.05) is 11.9 Å². The van der Waals surface area contributed by atoms with Crippen molar-refractivity contribution in [3.63, 3.8) is 0 Å². The van der Waals surface area contributed by atoms with Gasteiger partial charge in [-0.2, -0.15) is 5.26 Å². The zero-order valence-corrected chi connectivity index (χ0v) is 24.3. The van der Waals surface area contributed by atoms with Crippen molar-refractivity contribution < 1.29 is 29.3 Å². The number of benzene rings is 3. The Morgan fingerprint density at radius 3 is 2.14 bits per heavy atom. The molecule has 4 N–H and O–H groups in total. The summed E-state index contributed by atoms with van der Waals surface area (Å²) in [5.41, 5.74) is 1.96. The molecule has 0 radical (unpaired) electrons. The standard InChI is InChI=1S/C32H36N4O6/c1-20-9-8-10-21(2)27(20)35-29(39)28(24-11-6-7-12-26(24)38)36(18-17-33)30(40)25(34-31(41)42-32(3,4)5)19-22-13-15-23(37)16-14-22/h6-16,25,28,37-38H,18-19H2,1-5H3,(H,34,41)(H,35,39). The molecule has 10 nitrogen and oxygen atoms in total. The molecule has 0 saturated heterocycles. The quantitative estimate of drug-likeness (QED) is 0.267. The summed E-state index contributed by atoms with van der Waals surface area (Å²) < 4.78 is 5.39. The lowest BCUT2D eigenvalue weighted by Gasteiger charge is -2.33. The number of phenolic OH excluding ortho intramolecular Hbond substituents is 2. The predicted molar refractivity (Wildman–Crippen MR) is 158 cm³/mol. The number of nitrogens with zero attached hydrogens (tertiary/aromatic N) is 2. The van der Waals surface area contributed by atoms with Crippen molar-refractivity contribution in [1.29, 1.82) is 5.26 Å². The summed E-state index contributed by atoms with van der Waals surface area (Å²) in [6, 6.07) is 16.9. The first kappa shape index (κ1) is 31.5. The second-order valence-electron chi connectivity index (χ2n) is 10.9. The van der Waals surface area contributed by atoms with Crippen molar-refractivity contribution in [2.45, 2.75) is 58.7 Å². The first-order valence-electron chi connectivity index (χ1n) is 13.4. The van der Waals surface area contributed by atoms with E-state index < -0.39 is 42.1 Å². The topological polar surface area (TPSA) is 152 Å². The van der Waals surface area contributed by atoms with E-state index in [-0.39, 0.29) is 23.5 Å². The van der Waals surface area contributed by atoms with Gasteiger partial charge >= 0.3 is 6.09 Å². The molecule has 0 fully saturated rings. The van der Waals surface area contributed by atoms with Gasteiger partial charge in [0, 0.05) is 17.7 Å². The fourth-order valence-corrected chi connectivity index (χ4v) is 4.46. The van der Waals surface area contributed by atoms with E-state index in [1.807, 2.05) is 38.1 Å². The third kappa shape index (κ3) is 8.24. The van der Waals surface area contributed by atoms with Gasteiger partial charge in [-0.15, -0.1) is 0 Å². The van der Waals surface area contributed by atoms with Crippen LogP contribution in [0.4, 0.5) is 10.5 Å². The van der Waals surface area contributed by atoms with Crippen LogP contribution in [-0.2, 0) is 20.7 Å². The Hall–Kier alpha value is -5.04. The smallest absolute Gasteiger partial charge is 0.408 e. The van der Waals surface area contributed by atoms with Gasteiger partial charge in [-0.25, -0.2) is 4.79 Å². The molecule has 42 heavy (non-hydrogen) atoms. The Morgan fingerprint density at radius 1 is 0.952 bits per heavy atom. The maximum Gasteiger partial charge on any atom is 0.408 e. The summed E-state index contributed by atoms with van der Waals surface area (Å²) >= 11 is 0. The van der Waals surface area contributed by atoms with Gasteiger partial charge < -0.3 is 30.5 Å². The van der Waals surface area contributed by atoms with E-state index in [0.29, 0.717) is 11.3 Å². The monoisotopic (exact) mass is 572 g/mol. The van der Waals surface area contributed by atoms with Gasteiger partial charge in [0.25, 0.3) is 5.91 Å². The third-order valence-corrected chi connectivity index (χ3v) is 6.41. The van der Waals surface area contributed by atoms with Crippen LogP contribution in [0.5, 0.6) is 11.5 Å². The summed E-state index contributed by atoms with van der Waals surface area (Å²) in [7, 11) is 0. The lowest BCUT2D eigenvalue weighted by Crippen LogP contribution is -2.53. The minimum Gasteiger partial charge on any atom is -0.508 e. The number of ether oxygens (including phenoxy) is 1. The fraction of sp³-hybridized carbons (Fsp3) is 0.312. The molecule has 10 heteroatoms. The molecule has 3 rings (SSSR count). The van der Waals surface area contributed by atoms with Crippen molar-refractivity contribution in [3.8, 4) is 17.6 Å². The summed E-state index contributed by atoms with van der Waals surface area (Å²) in [6.45, 7) is 8.16. The molecule has 0 heterocycles. The summed E-state index contributed by atoms with van der Waals surface area (Å²) in [6.07, 6.45) is -0.901. The van der Waals surface area contributed by atoms with Gasteiger partial charge in [0.05, 0.1) is 6.07 Å². The van der Waals surface area contributed by atoms with Gasteiger partial charge in [-0.1, -0.05) is 48.5 Å². The van der Waals surface area contributed by atoms with Gasteiger partial charge in [0.1, 0.15) is 35.7 Å². The maximum absolute atomic E-state index is 14.2. The highest BCUT2D eigenvalue weighted by Gasteiger charge is 2.38. The lowest BCUT2D eigenvalue weighted by atomic mass is 9.99. The van der Waals surface area contributed by atoms with E-state index in [4.69, 9.17) is 4.74 Å². The molecule has 0 bridgehead atoms. The maximum atomic E-state index is 14.2. The van der Waals surface area contributed by atoms with Crippen LogP contribution in [0.2, 0.25) is 0 Å². The van der Waals surface area contributed by atoms with Crippen LogP contribution in [-0.4, -0.2) is 51.2 Å². The van der Waals surface area contributed by atoms with Crippen LogP contribution < -0.4 is 10.6 Å². The number of amides is 3. The third-order valence-electron chi connectivity index (χ3n) is 6.41. The van der Waals surface area contributed by atoms with Crippen molar-refractivity contribution in [3.05, 3.63) is 89.0 Å². The van der Waals surface area contributed by atoms with Gasteiger partial charge in [0.2, 0.25) is 5.91 Å². The van der Waals surface area contributed by atoms with E-state index >= 15 is 0 Å². The number of phenols is 2. The number of nitriles is 1. The zero-order valence-electron chi connectivity index (χ0n) is 24.3. The molecule has 3 amide bonds. The Balaban J connectivity index is 2.08. The number of aromatic hydroxyl groups is 2. The zero-order chi connectivity index (χ0) is 31.0. The number of alkyl carbamates (subject to hydrolysis) is 1. The Kier molecular flexibility index (Phi) is 10.2. The second kappa shape index (κ2) is 13.5. The molecular formula is C32H36N4O6. The average molecular weight is 573 g/mol. The number of carbonyl (C=O) groups excluding carboxylic acids is 3. The van der Waals surface area contributed by atoms with E-state index in [9.17, 15) is 29.9 Å². The molecule has 0 saturated carbocycles. The number of carbonyl (C=O) groups is 3. The number of hydrogen-bond acceptors (Lipinski definition) is 7. The molecule has 0 aliphatic heterocycles. The van der Waals surface area contributed by atoms with Crippen LogP contribution in [0.3, 0.4) is 0 Å². The first-order valence-corrected chi connectivity index (χ1v) is 13.4. The highest BCUT2D eigenvalue weighted by Crippen LogP contribution is 2.32. The summed E-state index contributed by atoms with van der Waals surface area (Å²) in [5.74, 6) is -1.63. The minimum atomic E-state index is -1.43. The highest BCUT2D eigenvalue weighted by atomic mass is 16.6. The van der Waals surface area contributed by atoms with Crippen molar-refractivity contribution in [1.82, 2.24) is 10.2 Å². The Bertz CT molecular complexity index is 1450. The van der Waals surface area contributed by atoms with Crippen LogP contribution in [0.25, 0.3) is 0 Å². The second-order valence-corrected chi connectivity index (χ2v) is 10.9. The molecule has 3 aromatic rings. The predicted octanol–water partition coefficient (Wildman–Crippen LogP) is 4.88. The Morgan fingerprint density at radius 2 is 1.57 bits per heavy atom. The molecule has 3 aromatic carbocycles. The number of rotatable bonds is 9. The molecule has 0 aromatic heterocycles. The average Bonchev–Trinajstić information content (AvgIpc) is 2.91. The van der Waals surface area contributed by atoms with E-state index in [2.05, 4.69) is 10.6 Å². The molecule has 220 valence electrons. The van der Waals surface area contributed by atoms with Gasteiger partial charge in [-0.3, -0.25) is 9.59 Å². The van der Waals surface area contributed by atoms with E-state index in [1.165, 1.54) is 24.3 Å². The highest BCUT2D eigenvalue weighted by molar-refractivity contribution is 6.00. The first-order chi connectivity index (χ1) is 19.8. The van der Waals surface area contributed by atoms with Crippen molar-refractivity contribution >= 4 is 23.6 Å². The molecule has 0 aliphatic rings. The lowest BCUT2D eigenvalue weighted by molar-refractivity contribution is -0.140. The summed E-state index contributed by atoms with van der Waals surface area (Å²) in [5, 5.41) is 35.7. The Labute approximate surface area is 245 Å². The molecule has 0 spiro atoms. The minimum absolute atomic E-state index is 0.0237. The van der Waals surface area contributed by atoms with E-state index in [0.717, 1.165) is 16.0 Å². The van der Waals surface area contributed by atoms with Gasteiger partial charge in [0.15, 0.2) is 0 Å². The normalized spacial score (nSPS) is 12.4. The van der Waals surface area contributed by atoms with E-state index in [1.54, 1.807) is 45.0 Å². The number of anilines is 1. The number of hydrogen-bond donors (Lipinski definition) is 4. The largest absolute Gasteiger partial charge is 0.508 e. The van der Waals surface area contributed by atoms with Crippen LogP contribution in [0.15, 0.2) is 66.7 Å². The fourth-order valence-electron chi connectivity index (χ4n) is 4.46.